The van der Waals surface area contributed by atoms with Crippen molar-refractivity contribution in [2.75, 3.05) is 0 Å². The Hall–Kier alpha value is -0.790. The number of carbonyl (C=O) groups is 1. The highest BCUT2D eigenvalue weighted by Gasteiger charge is 2.17. The SMILES string of the molecule is O=CC1N=C(S(=O)O)NN1. The number of rotatable bonds is 1. The summed E-state index contributed by atoms with van der Waals surface area (Å²) in [6.07, 6.45) is -0.224. The summed E-state index contributed by atoms with van der Waals surface area (Å²) >= 11 is -2.15. The quantitative estimate of drug-likeness (QED) is 0.313. The van der Waals surface area contributed by atoms with Gasteiger partial charge in [-0.3, -0.25) is 14.8 Å². The highest BCUT2D eigenvalue weighted by Crippen LogP contribution is 1.90. The molecule has 2 unspecified atom stereocenters. The van der Waals surface area contributed by atoms with Crippen molar-refractivity contribution in [1.29, 1.82) is 0 Å². The summed E-state index contributed by atoms with van der Waals surface area (Å²) < 4.78 is 18.6. The molecule has 0 bridgehead atoms. The molecule has 2 atom stereocenters. The predicted molar refractivity (Wildman–Crippen MR) is 34.3 cm³/mol. The first-order chi connectivity index (χ1) is 4.74. The minimum atomic E-state index is -2.15. The van der Waals surface area contributed by atoms with Crippen molar-refractivity contribution in [3.05, 3.63) is 0 Å². The van der Waals surface area contributed by atoms with E-state index in [1.165, 1.54) is 0 Å². The van der Waals surface area contributed by atoms with Gasteiger partial charge in [-0.2, -0.15) is 0 Å². The van der Waals surface area contributed by atoms with E-state index in [0.29, 0.717) is 6.29 Å². The van der Waals surface area contributed by atoms with Crippen LogP contribution in [0.5, 0.6) is 0 Å². The Kier molecular flexibility index (Phi) is 2.10. The Morgan fingerprint density at radius 2 is 2.50 bits per heavy atom. The zero-order valence-electron chi connectivity index (χ0n) is 4.77. The Morgan fingerprint density at radius 1 is 1.80 bits per heavy atom. The number of amidine groups is 1. The summed E-state index contributed by atoms with van der Waals surface area (Å²) in [6, 6.07) is 0. The van der Waals surface area contributed by atoms with Gasteiger partial charge in [0.15, 0.2) is 12.5 Å². The molecule has 7 heteroatoms. The first kappa shape index (κ1) is 7.32. The van der Waals surface area contributed by atoms with E-state index in [9.17, 15) is 9.00 Å². The van der Waals surface area contributed by atoms with E-state index in [4.69, 9.17) is 4.55 Å². The van der Waals surface area contributed by atoms with Crippen molar-refractivity contribution in [2.45, 2.75) is 6.17 Å². The van der Waals surface area contributed by atoms with Gasteiger partial charge in [0.1, 0.15) is 0 Å². The highest BCUT2D eigenvalue weighted by molar-refractivity contribution is 7.95. The molecule has 1 rings (SSSR count). The van der Waals surface area contributed by atoms with Gasteiger partial charge in [0.2, 0.25) is 16.2 Å². The minimum absolute atomic E-state index is 0.128. The number of carbonyl (C=O) groups excluding carboxylic acids is 1. The molecule has 0 aliphatic carbocycles. The highest BCUT2D eigenvalue weighted by atomic mass is 32.2. The molecule has 1 aliphatic rings. The van der Waals surface area contributed by atoms with Crippen molar-refractivity contribution >= 4 is 22.5 Å². The average Bonchev–Trinajstić information content (AvgIpc) is 2.34. The summed E-state index contributed by atoms with van der Waals surface area (Å²) in [4.78, 5) is 13.5. The van der Waals surface area contributed by atoms with Crippen molar-refractivity contribution in [2.24, 2.45) is 4.99 Å². The van der Waals surface area contributed by atoms with Gasteiger partial charge in [0, 0.05) is 0 Å². The van der Waals surface area contributed by atoms with Crippen LogP contribution >= 0.6 is 0 Å². The molecule has 0 spiro atoms. The van der Waals surface area contributed by atoms with Gasteiger partial charge >= 0.3 is 0 Å². The Labute approximate surface area is 59.0 Å². The average molecular weight is 163 g/mol. The lowest BCUT2D eigenvalue weighted by molar-refractivity contribution is -0.109. The third kappa shape index (κ3) is 1.38. The zero-order valence-corrected chi connectivity index (χ0v) is 5.59. The van der Waals surface area contributed by atoms with Crippen LogP contribution in [0.3, 0.4) is 0 Å². The summed E-state index contributed by atoms with van der Waals surface area (Å²) in [6.45, 7) is 0. The molecule has 56 valence electrons. The van der Waals surface area contributed by atoms with E-state index in [0.717, 1.165) is 0 Å². The van der Waals surface area contributed by atoms with Gasteiger partial charge < -0.3 is 0 Å². The molecule has 0 saturated carbocycles. The standard InChI is InChI=1S/C3H5N3O3S/c7-1-2-4-3(6-5-2)10(8)9/h1-2,5H,(H,4,6)(H,8,9). The molecule has 0 aromatic carbocycles. The van der Waals surface area contributed by atoms with Crippen LogP contribution in [0, 0.1) is 0 Å². The molecule has 10 heavy (non-hydrogen) atoms. The molecule has 0 aromatic heterocycles. The molecule has 1 aliphatic heterocycles. The number of hydrogen-bond donors (Lipinski definition) is 3. The molecule has 0 aromatic rings. The van der Waals surface area contributed by atoms with Gasteiger partial charge in [-0.25, -0.2) is 14.6 Å². The molecule has 0 saturated heterocycles. The first-order valence-corrected chi connectivity index (χ1v) is 3.50. The van der Waals surface area contributed by atoms with Crippen LogP contribution in [-0.2, 0) is 15.9 Å². The number of hydrazine groups is 1. The molecule has 0 fully saturated rings. The lowest BCUT2D eigenvalue weighted by Crippen LogP contribution is -2.36. The van der Waals surface area contributed by atoms with Crippen molar-refractivity contribution < 1.29 is 13.6 Å². The topological polar surface area (TPSA) is 90.8 Å². The van der Waals surface area contributed by atoms with E-state index < -0.39 is 17.2 Å². The van der Waals surface area contributed by atoms with Crippen LogP contribution in [0.1, 0.15) is 0 Å². The van der Waals surface area contributed by atoms with E-state index in [2.05, 4.69) is 15.8 Å². The van der Waals surface area contributed by atoms with E-state index in [1.807, 2.05) is 0 Å². The maximum atomic E-state index is 10.2. The van der Waals surface area contributed by atoms with E-state index in [-0.39, 0.29) is 5.17 Å². The van der Waals surface area contributed by atoms with Crippen LogP contribution in [0.15, 0.2) is 4.99 Å². The number of aliphatic imine (C=N–C) groups is 1. The van der Waals surface area contributed by atoms with E-state index >= 15 is 0 Å². The predicted octanol–water partition coefficient (Wildman–Crippen LogP) is -1.80. The number of nitrogens with one attached hydrogen (secondary N) is 2. The fourth-order valence-electron chi connectivity index (χ4n) is 0.480. The monoisotopic (exact) mass is 163 g/mol. The summed E-state index contributed by atoms with van der Waals surface area (Å²) in [7, 11) is 0. The van der Waals surface area contributed by atoms with Crippen LogP contribution in [-0.4, -0.2) is 26.4 Å². The van der Waals surface area contributed by atoms with Crippen LogP contribution in [0.2, 0.25) is 0 Å². The maximum absolute atomic E-state index is 10.2. The van der Waals surface area contributed by atoms with Gasteiger partial charge in [-0.1, -0.05) is 0 Å². The summed E-state index contributed by atoms with van der Waals surface area (Å²) in [5.74, 6) is 0. The van der Waals surface area contributed by atoms with Crippen molar-refractivity contribution in [1.82, 2.24) is 10.9 Å². The molecular formula is C3H5N3O3S. The smallest absolute Gasteiger partial charge is 0.232 e. The molecule has 0 radical (unpaired) electrons. The molecular weight excluding hydrogens is 158 g/mol. The molecule has 3 N–H and O–H groups in total. The van der Waals surface area contributed by atoms with Crippen LogP contribution in [0.4, 0.5) is 0 Å². The van der Waals surface area contributed by atoms with Gasteiger partial charge in [-0.05, 0) is 0 Å². The lowest BCUT2D eigenvalue weighted by Gasteiger charge is -1.94. The fraction of sp³-hybridized carbons (Fsp3) is 0.333. The molecule has 6 nitrogen and oxygen atoms in total. The third-order valence-corrected chi connectivity index (χ3v) is 1.42. The Bertz CT molecular complexity index is 203. The first-order valence-electron chi connectivity index (χ1n) is 2.39. The lowest BCUT2D eigenvalue weighted by atomic mass is 10.6. The number of aldehydes is 1. The largest absolute Gasteiger partial charge is 0.300 e. The van der Waals surface area contributed by atoms with Gasteiger partial charge in [0.25, 0.3) is 0 Å². The summed E-state index contributed by atoms with van der Waals surface area (Å²) in [5, 5.41) is -0.128. The second-order valence-corrected chi connectivity index (χ2v) is 2.42. The van der Waals surface area contributed by atoms with E-state index in [1.54, 1.807) is 0 Å². The Balaban J connectivity index is 2.65. The molecule has 0 amide bonds. The minimum Gasteiger partial charge on any atom is -0.300 e. The normalized spacial score (nSPS) is 26.9. The number of nitrogens with zero attached hydrogens (tertiary/aromatic N) is 1. The third-order valence-electron chi connectivity index (χ3n) is 0.878. The van der Waals surface area contributed by atoms with Gasteiger partial charge in [0.05, 0.1) is 0 Å². The Morgan fingerprint density at radius 3 is 2.80 bits per heavy atom. The second kappa shape index (κ2) is 2.86. The summed E-state index contributed by atoms with van der Waals surface area (Å²) in [5.41, 5.74) is 4.64. The fourth-order valence-corrected chi connectivity index (χ4v) is 0.830. The zero-order chi connectivity index (χ0) is 7.56. The second-order valence-electron chi connectivity index (χ2n) is 1.53. The van der Waals surface area contributed by atoms with Crippen molar-refractivity contribution in [3.8, 4) is 0 Å². The van der Waals surface area contributed by atoms with Crippen LogP contribution < -0.4 is 10.9 Å². The number of hydrogen-bond acceptors (Lipinski definition) is 5. The van der Waals surface area contributed by atoms with Gasteiger partial charge in [-0.15, -0.1) is 0 Å². The maximum Gasteiger partial charge on any atom is 0.232 e. The van der Waals surface area contributed by atoms with Crippen molar-refractivity contribution in [3.63, 3.8) is 0 Å². The van der Waals surface area contributed by atoms with Crippen LogP contribution in [0.25, 0.3) is 0 Å². The molecule has 1 heterocycles.